The molecular weight excluding hydrogens is 405 g/mol. The molecule has 2 aromatic carbocycles. The van der Waals surface area contributed by atoms with E-state index >= 15 is 0 Å². The molecule has 1 saturated carbocycles. The van der Waals surface area contributed by atoms with E-state index in [2.05, 4.69) is 47.4 Å². The van der Waals surface area contributed by atoms with Crippen LogP contribution in [0.3, 0.4) is 0 Å². The molecule has 1 heterocycles. The van der Waals surface area contributed by atoms with Crippen molar-refractivity contribution in [3.8, 4) is 11.5 Å². The van der Waals surface area contributed by atoms with E-state index in [0.29, 0.717) is 11.8 Å². The molecule has 1 saturated heterocycles. The third-order valence-corrected chi connectivity index (χ3v) is 7.70. The van der Waals surface area contributed by atoms with E-state index < -0.39 is 8.15 Å². The number of methoxy groups -OCH3 is 1. The Balaban J connectivity index is 1.31. The van der Waals surface area contributed by atoms with E-state index in [-0.39, 0.29) is 0 Å². The third-order valence-electron chi connectivity index (χ3n) is 6.83. The third kappa shape index (κ3) is 5.93. The van der Waals surface area contributed by atoms with Crippen molar-refractivity contribution in [1.82, 2.24) is 0 Å². The molecular formula is C26H36NO3P. The summed E-state index contributed by atoms with van der Waals surface area (Å²) in [5.74, 6) is 3.18. The minimum absolute atomic E-state index is 0.618. The molecule has 1 atom stereocenters. The Morgan fingerprint density at radius 2 is 1.84 bits per heavy atom. The van der Waals surface area contributed by atoms with Crippen LogP contribution in [0.1, 0.15) is 49.1 Å². The Hall–Kier alpha value is -1.77. The Labute approximate surface area is 188 Å². The van der Waals surface area contributed by atoms with Gasteiger partial charge in [-0.25, -0.2) is 0 Å². The molecule has 5 heteroatoms. The minimum Gasteiger partial charge on any atom is -0.497 e. The molecule has 2 aromatic rings. The minimum atomic E-state index is -0.835. The van der Waals surface area contributed by atoms with E-state index in [4.69, 9.17) is 9.47 Å². The number of aryl methyl sites for hydroxylation is 1. The van der Waals surface area contributed by atoms with E-state index in [1.54, 1.807) is 7.11 Å². The van der Waals surface area contributed by atoms with Gasteiger partial charge in [-0.2, -0.15) is 0 Å². The maximum absolute atomic E-state index is 9.58. The fraction of sp³-hybridized carbons (Fsp3) is 0.538. The summed E-state index contributed by atoms with van der Waals surface area (Å²) < 4.78 is 11.7. The lowest BCUT2D eigenvalue weighted by Gasteiger charge is -2.38. The maximum atomic E-state index is 9.58. The summed E-state index contributed by atoms with van der Waals surface area (Å²) in [6.45, 7) is 5.07. The van der Waals surface area contributed by atoms with Crippen LogP contribution in [0.4, 0.5) is 5.69 Å². The first-order valence-electron chi connectivity index (χ1n) is 11.7. The number of anilines is 1. The normalized spacial score (nSPS) is 22.0. The molecule has 0 aromatic heterocycles. The van der Waals surface area contributed by atoms with Gasteiger partial charge in [0.25, 0.3) is 0 Å². The van der Waals surface area contributed by atoms with Gasteiger partial charge >= 0.3 is 0 Å². The first-order valence-corrected chi connectivity index (χ1v) is 13.6. The molecule has 4 rings (SSSR count). The highest BCUT2D eigenvalue weighted by atomic mass is 31.1. The molecule has 168 valence electrons. The Kier molecular flexibility index (Phi) is 7.74. The highest BCUT2D eigenvalue weighted by Crippen LogP contribution is 2.42. The van der Waals surface area contributed by atoms with Gasteiger partial charge in [0, 0.05) is 26.9 Å². The highest BCUT2D eigenvalue weighted by Gasteiger charge is 2.27. The van der Waals surface area contributed by atoms with Gasteiger partial charge in [-0.15, -0.1) is 0 Å². The second-order valence-corrected chi connectivity index (χ2v) is 10.8. The van der Waals surface area contributed by atoms with Gasteiger partial charge in [-0.3, -0.25) is 0 Å². The Morgan fingerprint density at radius 3 is 2.52 bits per heavy atom. The van der Waals surface area contributed by atoms with Crippen molar-refractivity contribution in [3.05, 3.63) is 53.6 Å². The summed E-state index contributed by atoms with van der Waals surface area (Å²) in [6, 6.07) is 15.0. The predicted octanol–water partition coefficient (Wildman–Crippen LogP) is 5.82. The van der Waals surface area contributed by atoms with Crippen molar-refractivity contribution in [2.45, 2.75) is 44.4 Å². The molecule has 0 bridgehead atoms. The molecule has 1 aliphatic carbocycles. The fourth-order valence-corrected chi connectivity index (χ4v) is 5.35. The van der Waals surface area contributed by atoms with Crippen LogP contribution in [0.5, 0.6) is 11.5 Å². The number of hydrogen-bond acceptors (Lipinski definition) is 4. The van der Waals surface area contributed by atoms with Crippen LogP contribution in [0.25, 0.3) is 0 Å². The second-order valence-electron chi connectivity index (χ2n) is 9.07. The lowest BCUT2D eigenvalue weighted by atomic mass is 9.78. The summed E-state index contributed by atoms with van der Waals surface area (Å²) in [5.41, 5.74) is 4.15. The van der Waals surface area contributed by atoms with Gasteiger partial charge in [0.15, 0.2) is 0 Å². The molecule has 1 unspecified atom stereocenters. The summed E-state index contributed by atoms with van der Waals surface area (Å²) in [6.07, 6.45) is 7.94. The number of hydrogen-bond donors (Lipinski definition) is 1. The first-order chi connectivity index (χ1) is 15.1. The molecule has 0 amide bonds. The zero-order valence-corrected chi connectivity index (χ0v) is 19.8. The zero-order chi connectivity index (χ0) is 21.6. The van der Waals surface area contributed by atoms with Crippen LogP contribution in [0, 0.1) is 5.92 Å². The molecule has 1 N–H and O–H groups in total. The number of nitrogens with zero attached hydrogens (tertiary/aromatic N) is 1. The first kappa shape index (κ1) is 22.4. The smallest absolute Gasteiger partial charge is 0.119 e. The fourth-order valence-electron chi connectivity index (χ4n) is 4.77. The SMILES string of the molecule is COc1ccc(N2CCC2)c(C2CCC(COc3cccc(CCP(C)O)c3)CC2)c1. The molecule has 4 nitrogen and oxygen atoms in total. The largest absolute Gasteiger partial charge is 0.497 e. The van der Waals surface area contributed by atoms with Crippen molar-refractivity contribution in [2.75, 3.05) is 44.5 Å². The van der Waals surface area contributed by atoms with Crippen LogP contribution in [-0.2, 0) is 6.42 Å². The highest BCUT2D eigenvalue weighted by molar-refractivity contribution is 7.50. The van der Waals surface area contributed by atoms with Crippen molar-refractivity contribution < 1.29 is 14.4 Å². The van der Waals surface area contributed by atoms with Crippen LogP contribution >= 0.6 is 8.15 Å². The predicted molar refractivity (Wildman–Crippen MR) is 130 cm³/mol. The van der Waals surface area contributed by atoms with Gasteiger partial charge in [-0.05, 0) is 105 Å². The summed E-state index contributed by atoms with van der Waals surface area (Å²) in [4.78, 5) is 12.1. The number of ether oxygens (including phenoxy) is 2. The average Bonchev–Trinajstić information content (AvgIpc) is 2.76. The van der Waals surface area contributed by atoms with Crippen molar-refractivity contribution in [1.29, 1.82) is 0 Å². The van der Waals surface area contributed by atoms with E-state index in [0.717, 1.165) is 30.7 Å². The Bertz CT molecular complexity index is 844. The van der Waals surface area contributed by atoms with Crippen molar-refractivity contribution in [3.63, 3.8) is 0 Å². The molecule has 31 heavy (non-hydrogen) atoms. The maximum Gasteiger partial charge on any atom is 0.119 e. The molecule has 1 aliphatic heterocycles. The number of rotatable bonds is 9. The van der Waals surface area contributed by atoms with Crippen LogP contribution in [0.2, 0.25) is 0 Å². The summed E-state index contributed by atoms with van der Waals surface area (Å²) in [5, 5.41) is 0. The standard InChI is InChI=1S/C26H36NO3P/c1-29-23-11-12-26(27-14-4-15-27)25(18-23)22-9-7-21(8-10-22)19-30-24-6-3-5-20(17-24)13-16-31(2)28/h3,5-6,11-12,17-18,21-22,28H,4,7-10,13-16,19H2,1-2H3. The topological polar surface area (TPSA) is 41.9 Å². The lowest BCUT2D eigenvalue weighted by Crippen LogP contribution is -2.38. The van der Waals surface area contributed by atoms with E-state index in [1.165, 1.54) is 62.0 Å². The van der Waals surface area contributed by atoms with Crippen molar-refractivity contribution in [2.24, 2.45) is 5.92 Å². The summed E-state index contributed by atoms with van der Waals surface area (Å²) >= 11 is 0. The molecule has 2 aliphatic rings. The van der Waals surface area contributed by atoms with Gasteiger partial charge in [0.1, 0.15) is 11.5 Å². The van der Waals surface area contributed by atoms with Gasteiger partial charge in [0.05, 0.1) is 13.7 Å². The van der Waals surface area contributed by atoms with Crippen LogP contribution < -0.4 is 14.4 Å². The number of benzene rings is 2. The van der Waals surface area contributed by atoms with Crippen LogP contribution in [0.15, 0.2) is 42.5 Å². The lowest BCUT2D eigenvalue weighted by molar-refractivity contribution is 0.200. The second kappa shape index (κ2) is 10.7. The van der Waals surface area contributed by atoms with Crippen LogP contribution in [-0.4, -0.2) is 44.5 Å². The van der Waals surface area contributed by atoms with Crippen molar-refractivity contribution >= 4 is 13.8 Å². The van der Waals surface area contributed by atoms with Gasteiger partial charge in [0.2, 0.25) is 0 Å². The monoisotopic (exact) mass is 441 g/mol. The quantitative estimate of drug-likeness (QED) is 0.498. The molecule has 0 radical (unpaired) electrons. The molecule has 2 fully saturated rings. The van der Waals surface area contributed by atoms with E-state index in [9.17, 15) is 4.89 Å². The Morgan fingerprint density at radius 1 is 1.03 bits per heavy atom. The van der Waals surface area contributed by atoms with Gasteiger partial charge in [-0.1, -0.05) is 12.1 Å². The van der Waals surface area contributed by atoms with E-state index in [1.807, 2.05) is 6.66 Å². The molecule has 0 spiro atoms. The average molecular weight is 442 g/mol. The zero-order valence-electron chi connectivity index (χ0n) is 18.9. The summed E-state index contributed by atoms with van der Waals surface area (Å²) in [7, 11) is 0.926. The van der Waals surface area contributed by atoms with Gasteiger partial charge < -0.3 is 19.3 Å².